The van der Waals surface area contributed by atoms with Crippen LogP contribution in [0.2, 0.25) is 0 Å². The quantitative estimate of drug-likeness (QED) is 0.775. The number of hydrogen-bond donors (Lipinski definition) is 0. The van der Waals surface area contributed by atoms with Gasteiger partial charge in [-0.3, -0.25) is 0 Å². The van der Waals surface area contributed by atoms with Gasteiger partial charge in [0.1, 0.15) is 5.82 Å². The zero-order valence-electron chi connectivity index (χ0n) is 8.40. The van der Waals surface area contributed by atoms with Crippen molar-refractivity contribution in [1.82, 2.24) is 10.2 Å². The molecular formula is C11H11FN2O. The highest BCUT2D eigenvalue weighted by Crippen LogP contribution is 2.21. The summed E-state index contributed by atoms with van der Waals surface area (Å²) in [6.07, 6.45) is 1.65. The average Bonchev–Trinajstić information content (AvgIpc) is 2.68. The van der Waals surface area contributed by atoms with Gasteiger partial charge in [0.15, 0.2) is 0 Å². The lowest BCUT2D eigenvalue weighted by Crippen LogP contribution is -1.82. The van der Waals surface area contributed by atoms with Gasteiger partial charge in [-0.05, 0) is 18.6 Å². The highest BCUT2D eigenvalue weighted by molar-refractivity contribution is 5.53. The molecule has 0 fully saturated rings. The number of aromatic nitrogens is 2. The summed E-state index contributed by atoms with van der Waals surface area (Å²) in [5, 5.41) is 7.65. The van der Waals surface area contributed by atoms with Crippen molar-refractivity contribution in [3.8, 4) is 11.5 Å². The van der Waals surface area contributed by atoms with Crippen LogP contribution in [0, 0.1) is 5.82 Å². The Balaban J connectivity index is 2.33. The fourth-order valence-electron chi connectivity index (χ4n) is 1.31. The minimum atomic E-state index is -0.343. The molecule has 3 nitrogen and oxygen atoms in total. The standard InChI is InChI=1S/C11H11FN2O/c1-2-5-10-13-14-11(15-10)8-6-3-4-7-9(8)12/h3-4,6-7H,2,5H2,1H3. The normalized spacial score (nSPS) is 10.5. The number of hydrogen-bond acceptors (Lipinski definition) is 3. The molecule has 2 aromatic rings. The van der Waals surface area contributed by atoms with Gasteiger partial charge in [0.05, 0.1) is 5.56 Å². The molecule has 4 heteroatoms. The molecule has 0 unspecified atom stereocenters. The molecule has 1 aromatic carbocycles. The van der Waals surface area contributed by atoms with E-state index in [0.29, 0.717) is 11.5 Å². The van der Waals surface area contributed by atoms with Crippen molar-refractivity contribution in [2.24, 2.45) is 0 Å². The van der Waals surface area contributed by atoms with Gasteiger partial charge in [-0.2, -0.15) is 0 Å². The van der Waals surface area contributed by atoms with Crippen molar-refractivity contribution in [2.45, 2.75) is 19.8 Å². The summed E-state index contributed by atoms with van der Waals surface area (Å²) in [7, 11) is 0. The van der Waals surface area contributed by atoms with Gasteiger partial charge < -0.3 is 4.42 Å². The maximum Gasteiger partial charge on any atom is 0.250 e. The highest BCUT2D eigenvalue weighted by atomic mass is 19.1. The van der Waals surface area contributed by atoms with E-state index >= 15 is 0 Å². The molecule has 0 spiro atoms. The number of benzene rings is 1. The molecule has 1 aromatic heterocycles. The third-order valence-electron chi connectivity index (χ3n) is 2.03. The molecule has 0 bridgehead atoms. The van der Waals surface area contributed by atoms with Crippen LogP contribution in [0.15, 0.2) is 28.7 Å². The van der Waals surface area contributed by atoms with Crippen molar-refractivity contribution in [3.05, 3.63) is 36.0 Å². The molecule has 15 heavy (non-hydrogen) atoms. The Hall–Kier alpha value is -1.71. The minimum absolute atomic E-state index is 0.247. The molecule has 0 N–H and O–H groups in total. The number of aryl methyl sites for hydroxylation is 1. The third kappa shape index (κ3) is 2.03. The third-order valence-corrected chi connectivity index (χ3v) is 2.03. The van der Waals surface area contributed by atoms with E-state index in [1.807, 2.05) is 6.92 Å². The van der Waals surface area contributed by atoms with Crippen LogP contribution in [0.3, 0.4) is 0 Å². The molecule has 0 aliphatic carbocycles. The second-order valence-corrected chi connectivity index (χ2v) is 3.23. The molecular weight excluding hydrogens is 195 g/mol. The SMILES string of the molecule is CCCc1nnc(-c2ccccc2F)o1. The van der Waals surface area contributed by atoms with Crippen molar-refractivity contribution >= 4 is 0 Å². The number of rotatable bonds is 3. The van der Waals surface area contributed by atoms with E-state index in [2.05, 4.69) is 10.2 Å². The first kappa shape index (κ1) is 9.83. The molecule has 0 saturated carbocycles. The summed E-state index contributed by atoms with van der Waals surface area (Å²) in [4.78, 5) is 0. The van der Waals surface area contributed by atoms with Gasteiger partial charge in [0, 0.05) is 6.42 Å². The smallest absolute Gasteiger partial charge is 0.250 e. The van der Waals surface area contributed by atoms with Crippen LogP contribution in [0.4, 0.5) is 4.39 Å². The Labute approximate surface area is 87.0 Å². The van der Waals surface area contributed by atoms with Crippen LogP contribution in [0.1, 0.15) is 19.2 Å². The van der Waals surface area contributed by atoms with Crippen molar-refractivity contribution in [2.75, 3.05) is 0 Å². The minimum Gasteiger partial charge on any atom is -0.421 e. The molecule has 0 aliphatic rings. The molecule has 0 aliphatic heterocycles. The molecule has 1 heterocycles. The topological polar surface area (TPSA) is 38.9 Å². The van der Waals surface area contributed by atoms with Crippen LogP contribution in [-0.4, -0.2) is 10.2 Å². The maximum atomic E-state index is 13.3. The number of halogens is 1. The maximum absolute atomic E-state index is 13.3. The van der Waals surface area contributed by atoms with Gasteiger partial charge in [-0.15, -0.1) is 10.2 Å². The van der Waals surface area contributed by atoms with Crippen LogP contribution >= 0.6 is 0 Å². The van der Waals surface area contributed by atoms with Gasteiger partial charge >= 0.3 is 0 Å². The Bertz CT molecular complexity index is 453. The molecule has 0 saturated heterocycles. The summed E-state index contributed by atoms with van der Waals surface area (Å²) < 4.78 is 18.7. The van der Waals surface area contributed by atoms with E-state index in [9.17, 15) is 4.39 Å². The Morgan fingerprint density at radius 3 is 2.80 bits per heavy atom. The van der Waals surface area contributed by atoms with E-state index in [1.54, 1.807) is 18.2 Å². The van der Waals surface area contributed by atoms with Crippen LogP contribution in [0.5, 0.6) is 0 Å². The van der Waals surface area contributed by atoms with Gasteiger partial charge in [-0.25, -0.2) is 4.39 Å². The van der Waals surface area contributed by atoms with Crippen LogP contribution in [0.25, 0.3) is 11.5 Å². The molecule has 0 radical (unpaired) electrons. The first-order valence-corrected chi connectivity index (χ1v) is 4.88. The lowest BCUT2D eigenvalue weighted by molar-refractivity contribution is 0.498. The predicted octanol–water partition coefficient (Wildman–Crippen LogP) is 2.83. The van der Waals surface area contributed by atoms with E-state index in [0.717, 1.165) is 12.8 Å². The van der Waals surface area contributed by atoms with E-state index in [-0.39, 0.29) is 11.7 Å². The Kier molecular flexibility index (Phi) is 2.76. The largest absolute Gasteiger partial charge is 0.421 e. The molecule has 78 valence electrons. The summed E-state index contributed by atoms with van der Waals surface area (Å²) >= 11 is 0. The second-order valence-electron chi connectivity index (χ2n) is 3.23. The van der Waals surface area contributed by atoms with E-state index in [4.69, 9.17) is 4.42 Å². The van der Waals surface area contributed by atoms with Gasteiger partial charge in [0.25, 0.3) is 5.89 Å². The summed E-state index contributed by atoms with van der Waals surface area (Å²) in [5.74, 6) is 0.455. The van der Waals surface area contributed by atoms with Crippen LogP contribution < -0.4 is 0 Å². The molecule has 0 atom stereocenters. The number of nitrogens with zero attached hydrogens (tertiary/aromatic N) is 2. The van der Waals surface area contributed by atoms with Crippen molar-refractivity contribution < 1.29 is 8.81 Å². The monoisotopic (exact) mass is 206 g/mol. The summed E-state index contributed by atoms with van der Waals surface area (Å²) in [6, 6.07) is 6.36. The summed E-state index contributed by atoms with van der Waals surface area (Å²) in [6.45, 7) is 2.02. The van der Waals surface area contributed by atoms with Crippen molar-refractivity contribution in [3.63, 3.8) is 0 Å². The zero-order valence-corrected chi connectivity index (χ0v) is 8.40. The fraction of sp³-hybridized carbons (Fsp3) is 0.273. The van der Waals surface area contributed by atoms with Crippen molar-refractivity contribution in [1.29, 1.82) is 0 Å². The first-order valence-electron chi connectivity index (χ1n) is 4.88. The molecule has 2 rings (SSSR count). The summed E-state index contributed by atoms with van der Waals surface area (Å²) in [5.41, 5.74) is 0.354. The first-order chi connectivity index (χ1) is 7.31. The second kappa shape index (κ2) is 4.21. The van der Waals surface area contributed by atoms with Gasteiger partial charge in [0.2, 0.25) is 5.89 Å². The zero-order chi connectivity index (χ0) is 10.7. The van der Waals surface area contributed by atoms with Gasteiger partial charge in [-0.1, -0.05) is 19.1 Å². The fourth-order valence-corrected chi connectivity index (χ4v) is 1.31. The van der Waals surface area contributed by atoms with E-state index < -0.39 is 0 Å². The van der Waals surface area contributed by atoms with E-state index in [1.165, 1.54) is 6.07 Å². The Morgan fingerprint density at radius 2 is 2.07 bits per heavy atom. The highest BCUT2D eigenvalue weighted by Gasteiger charge is 2.11. The molecule has 0 amide bonds. The lowest BCUT2D eigenvalue weighted by Gasteiger charge is -1.95. The predicted molar refractivity (Wildman–Crippen MR) is 53.7 cm³/mol. The lowest BCUT2D eigenvalue weighted by atomic mass is 10.2. The Morgan fingerprint density at radius 1 is 1.27 bits per heavy atom. The van der Waals surface area contributed by atoms with Crippen LogP contribution in [-0.2, 0) is 6.42 Å². The average molecular weight is 206 g/mol.